The van der Waals surface area contributed by atoms with Gasteiger partial charge in [0.25, 0.3) is 10.0 Å². The molecule has 0 spiro atoms. The second kappa shape index (κ2) is 2.52. The second-order valence-electron chi connectivity index (χ2n) is 2.00. The Morgan fingerprint density at radius 1 is 1.18 bits per heavy atom. The van der Waals surface area contributed by atoms with Crippen LogP contribution >= 0.6 is 0 Å². The predicted molar refractivity (Wildman–Crippen MR) is 38.4 cm³/mol. The fraction of sp³-hybridized carbons (Fsp3) is 0. The quantitative estimate of drug-likeness (QED) is 0.664. The number of sulfonamides is 1. The minimum absolute atomic E-state index is 0.0163. The molecule has 0 amide bonds. The molecule has 0 saturated heterocycles. The third-order valence-electron chi connectivity index (χ3n) is 1.15. The van der Waals surface area contributed by atoms with Crippen LogP contribution in [0.2, 0.25) is 0 Å². The van der Waals surface area contributed by atoms with Crippen LogP contribution in [0.4, 0.5) is 0 Å². The van der Waals surface area contributed by atoms with Gasteiger partial charge in [-0.1, -0.05) is 0 Å². The van der Waals surface area contributed by atoms with E-state index in [1.165, 1.54) is 24.3 Å². The summed E-state index contributed by atoms with van der Waals surface area (Å²) in [5.41, 5.74) is 0. The molecular weight excluding hydrogens is 166 g/mol. The SMILES string of the molecule is [NH]S(=O)(=O)c1ccc(O)cc1. The normalized spacial score (nSPS) is 11.4. The molecule has 0 aliphatic rings. The minimum Gasteiger partial charge on any atom is -0.508 e. The summed E-state index contributed by atoms with van der Waals surface area (Å²) < 4.78 is 21.1. The summed E-state index contributed by atoms with van der Waals surface area (Å²) in [6.45, 7) is 0. The number of phenolic OH excluding ortho intramolecular Hbond substituents is 1. The molecule has 1 aromatic rings. The Labute approximate surface area is 64.3 Å². The van der Waals surface area contributed by atoms with Crippen LogP contribution in [-0.4, -0.2) is 13.5 Å². The highest BCUT2D eigenvalue weighted by Crippen LogP contribution is 2.12. The van der Waals surface area contributed by atoms with Crippen molar-refractivity contribution in [1.82, 2.24) is 5.14 Å². The van der Waals surface area contributed by atoms with Gasteiger partial charge in [0.1, 0.15) is 5.75 Å². The van der Waals surface area contributed by atoms with Crippen LogP contribution in [0.25, 0.3) is 0 Å². The number of nitrogens with one attached hydrogen (secondary N) is 1. The van der Waals surface area contributed by atoms with Crippen LogP contribution < -0.4 is 5.14 Å². The summed E-state index contributed by atoms with van der Waals surface area (Å²) in [5, 5.41) is 15.4. The molecule has 0 saturated carbocycles. The molecule has 0 bridgehead atoms. The first kappa shape index (κ1) is 8.03. The number of aromatic hydroxyl groups is 1. The van der Waals surface area contributed by atoms with Gasteiger partial charge in [0.15, 0.2) is 0 Å². The Morgan fingerprint density at radius 2 is 1.64 bits per heavy atom. The summed E-state index contributed by atoms with van der Waals surface area (Å²) in [6.07, 6.45) is 0. The summed E-state index contributed by atoms with van der Waals surface area (Å²) in [5.74, 6) is -0.0163. The van der Waals surface area contributed by atoms with E-state index in [0.29, 0.717) is 0 Å². The smallest absolute Gasteiger partial charge is 0.254 e. The molecule has 59 valence electrons. The van der Waals surface area contributed by atoms with Gasteiger partial charge in [-0.2, -0.15) is 0 Å². The molecule has 0 unspecified atom stereocenters. The van der Waals surface area contributed by atoms with Crippen LogP contribution in [0.15, 0.2) is 29.2 Å². The second-order valence-corrected chi connectivity index (χ2v) is 3.48. The fourth-order valence-electron chi connectivity index (χ4n) is 0.625. The molecule has 0 aliphatic heterocycles. The highest BCUT2D eigenvalue weighted by Gasteiger charge is 2.06. The highest BCUT2D eigenvalue weighted by molar-refractivity contribution is 7.88. The van der Waals surface area contributed by atoms with Gasteiger partial charge < -0.3 is 5.11 Å². The zero-order chi connectivity index (χ0) is 8.48. The van der Waals surface area contributed by atoms with Crippen molar-refractivity contribution in [2.24, 2.45) is 0 Å². The molecule has 4 nitrogen and oxygen atoms in total. The average Bonchev–Trinajstić information content (AvgIpc) is 1.86. The number of hydrogen-bond donors (Lipinski definition) is 1. The van der Waals surface area contributed by atoms with E-state index in [9.17, 15) is 8.42 Å². The van der Waals surface area contributed by atoms with E-state index < -0.39 is 10.0 Å². The lowest BCUT2D eigenvalue weighted by atomic mass is 10.3. The Bertz CT molecular complexity index is 341. The van der Waals surface area contributed by atoms with Crippen molar-refractivity contribution in [3.8, 4) is 5.75 Å². The maximum absolute atomic E-state index is 10.5. The number of benzene rings is 1. The van der Waals surface area contributed by atoms with Crippen LogP contribution in [0.3, 0.4) is 0 Å². The molecule has 1 aromatic carbocycles. The molecule has 1 radical (unpaired) electrons. The van der Waals surface area contributed by atoms with Crippen molar-refractivity contribution in [2.45, 2.75) is 4.90 Å². The van der Waals surface area contributed by atoms with Crippen molar-refractivity contribution < 1.29 is 13.5 Å². The fourth-order valence-corrected chi connectivity index (χ4v) is 1.12. The lowest BCUT2D eigenvalue weighted by molar-refractivity contribution is 0.475. The third-order valence-corrected chi connectivity index (χ3v) is 2.04. The van der Waals surface area contributed by atoms with Crippen molar-refractivity contribution in [2.75, 3.05) is 0 Å². The Kier molecular flexibility index (Phi) is 1.84. The van der Waals surface area contributed by atoms with E-state index in [-0.39, 0.29) is 10.6 Å². The lowest BCUT2D eigenvalue weighted by Gasteiger charge is -1.95. The van der Waals surface area contributed by atoms with Crippen LogP contribution in [0.1, 0.15) is 0 Å². The number of rotatable bonds is 1. The molecule has 0 atom stereocenters. The lowest BCUT2D eigenvalue weighted by Crippen LogP contribution is -1.99. The van der Waals surface area contributed by atoms with Gasteiger partial charge in [-0.25, -0.2) is 8.42 Å². The number of phenols is 1. The molecular formula is C6H6NO3S. The van der Waals surface area contributed by atoms with Crippen LogP contribution in [0, 0.1) is 0 Å². The van der Waals surface area contributed by atoms with Crippen molar-refractivity contribution in [1.29, 1.82) is 0 Å². The molecule has 0 aliphatic carbocycles. The van der Waals surface area contributed by atoms with Crippen LogP contribution in [-0.2, 0) is 10.0 Å². The minimum atomic E-state index is -3.88. The number of hydrogen-bond acceptors (Lipinski definition) is 3. The van der Waals surface area contributed by atoms with Crippen molar-refractivity contribution in [3.63, 3.8) is 0 Å². The van der Waals surface area contributed by atoms with E-state index in [1.807, 2.05) is 0 Å². The van der Waals surface area contributed by atoms with Gasteiger partial charge in [0.2, 0.25) is 0 Å². The molecule has 0 fully saturated rings. The van der Waals surface area contributed by atoms with E-state index in [0.717, 1.165) is 0 Å². The monoisotopic (exact) mass is 172 g/mol. The molecule has 11 heavy (non-hydrogen) atoms. The first-order chi connectivity index (χ1) is 5.00. The Morgan fingerprint density at radius 3 is 2.00 bits per heavy atom. The van der Waals surface area contributed by atoms with E-state index in [1.54, 1.807) is 0 Å². The van der Waals surface area contributed by atoms with E-state index >= 15 is 0 Å². The van der Waals surface area contributed by atoms with Crippen molar-refractivity contribution in [3.05, 3.63) is 24.3 Å². The van der Waals surface area contributed by atoms with Crippen LogP contribution in [0.5, 0.6) is 5.75 Å². The predicted octanol–water partition coefficient (Wildman–Crippen LogP) is 0.364. The summed E-state index contributed by atoms with van der Waals surface area (Å²) >= 11 is 0. The summed E-state index contributed by atoms with van der Waals surface area (Å²) in [4.78, 5) is -0.115. The van der Waals surface area contributed by atoms with E-state index in [2.05, 4.69) is 0 Å². The summed E-state index contributed by atoms with van der Waals surface area (Å²) in [7, 11) is -3.88. The first-order valence-corrected chi connectivity index (χ1v) is 4.27. The van der Waals surface area contributed by atoms with Gasteiger partial charge in [0.05, 0.1) is 4.90 Å². The molecule has 0 heterocycles. The van der Waals surface area contributed by atoms with E-state index in [4.69, 9.17) is 10.2 Å². The van der Waals surface area contributed by atoms with Gasteiger partial charge in [-0.15, -0.1) is 5.14 Å². The van der Waals surface area contributed by atoms with Gasteiger partial charge in [0, 0.05) is 0 Å². The van der Waals surface area contributed by atoms with Gasteiger partial charge >= 0.3 is 0 Å². The zero-order valence-electron chi connectivity index (χ0n) is 5.48. The summed E-state index contributed by atoms with van der Waals surface area (Å²) in [6, 6.07) is 4.80. The van der Waals surface area contributed by atoms with Gasteiger partial charge in [-0.3, -0.25) is 0 Å². The first-order valence-electron chi connectivity index (χ1n) is 2.79. The Hall–Kier alpha value is -1.07. The zero-order valence-corrected chi connectivity index (χ0v) is 6.30. The average molecular weight is 172 g/mol. The Balaban J connectivity index is 3.20. The molecule has 2 N–H and O–H groups in total. The molecule has 5 heteroatoms. The van der Waals surface area contributed by atoms with Crippen molar-refractivity contribution >= 4 is 10.0 Å². The topological polar surface area (TPSA) is 78.2 Å². The third kappa shape index (κ3) is 1.92. The maximum Gasteiger partial charge on any atom is 0.254 e. The molecule has 0 aromatic heterocycles. The standard InChI is InChI=1S/C6H6NO3S/c7-11(9,10)6-3-1-5(8)2-4-6/h1-4,7-8H. The maximum atomic E-state index is 10.5. The molecule has 1 rings (SSSR count). The highest BCUT2D eigenvalue weighted by atomic mass is 32.2. The largest absolute Gasteiger partial charge is 0.508 e. The van der Waals surface area contributed by atoms with Gasteiger partial charge in [-0.05, 0) is 24.3 Å².